The molecule has 0 aliphatic carbocycles. The summed E-state index contributed by atoms with van der Waals surface area (Å²) in [6.07, 6.45) is 3.65. The minimum Gasteiger partial charge on any atom is -0.349 e. The van der Waals surface area contributed by atoms with Gasteiger partial charge in [-0.15, -0.1) is 0 Å². The minimum absolute atomic E-state index is 0.450. The van der Waals surface area contributed by atoms with Crippen LogP contribution >= 0.6 is 11.6 Å². The number of anilines is 1. The highest BCUT2D eigenvalue weighted by Gasteiger charge is 2.16. The van der Waals surface area contributed by atoms with Crippen LogP contribution in [0.5, 0.6) is 0 Å². The van der Waals surface area contributed by atoms with Crippen molar-refractivity contribution in [3.63, 3.8) is 0 Å². The summed E-state index contributed by atoms with van der Waals surface area (Å²) in [6, 6.07) is 8.10. The van der Waals surface area contributed by atoms with E-state index in [1.807, 2.05) is 36.7 Å². The van der Waals surface area contributed by atoms with E-state index < -0.39 is 0 Å². The Balaban J connectivity index is 1.75. The van der Waals surface area contributed by atoms with E-state index in [1.54, 1.807) is 0 Å². The Hall–Kier alpha value is -1.65. The van der Waals surface area contributed by atoms with Gasteiger partial charge in [0.25, 0.3) is 0 Å². The Morgan fingerprint density at radius 1 is 1.06 bits per heavy atom. The summed E-state index contributed by atoms with van der Waals surface area (Å²) in [5, 5.41) is 7.19. The first-order chi connectivity index (χ1) is 8.81. The van der Waals surface area contributed by atoms with Crippen LogP contribution in [0.15, 0.2) is 36.7 Å². The quantitative estimate of drug-likeness (QED) is 0.888. The zero-order valence-corrected chi connectivity index (χ0v) is 10.5. The van der Waals surface area contributed by atoms with Crippen LogP contribution in [0.25, 0.3) is 11.1 Å². The molecule has 0 saturated carbocycles. The van der Waals surface area contributed by atoms with Gasteiger partial charge in [-0.3, -0.25) is 0 Å². The summed E-state index contributed by atoms with van der Waals surface area (Å²) >= 11 is 5.86. The summed E-state index contributed by atoms with van der Waals surface area (Å²) in [5.41, 5.74) is 2.06. The predicted molar refractivity (Wildman–Crippen MR) is 72.8 cm³/mol. The second-order valence-electron chi connectivity index (χ2n) is 4.30. The van der Waals surface area contributed by atoms with Gasteiger partial charge in [-0.1, -0.05) is 23.7 Å². The number of rotatable bonds is 3. The van der Waals surface area contributed by atoms with Crippen molar-refractivity contribution < 1.29 is 0 Å². The van der Waals surface area contributed by atoms with Crippen LogP contribution in [-0.2, 0) is 0 Å². The van der Waals surface area contributed by atoms with E-state index in [-0.39, 0.29) is 0 Å². The van der Waals surface area contributed by atoms with E-state index in [1.165, 1.54) is 0 Å². The molecule has 1 aromatic heterocycles. The normalized spacial score (nSPS) is 15.2. The molecular formula is C13H13ClN4. The van der Waals surface area contributed by atoms with E-state index in [0.717, 1.165) is 29.2 Å². The molecule has 1 fully saturated rings. The highest BCUT2D eigenvalue weighted by atomic mass is 35.5. The molecule has 0 unspecified atom stereocenters. The third-order valence-electron chi connectivity index (χ3n) is 2.94. The molecule has 0 atom stereocenters. The first-order valence-electron chi connectivity index (χ1n) is 5.86. The van der Waals surface area contributed by atoms with Crippen LogP contribution in [0, 0.1) is 0 Å². The fourth-order valence-corrected chi connectivity index (χ4v) is 1.89. The molecule has 1 aliphatic heterocycles. The fourth-order valence-electron chi connectivity index (χ4n) is 1.77. The summed E-state index contributed by atoms with van der Waals surface area (Å²) in [7, 11) is 0. The molecule has 4 nitrogen and oxygen atoms in total. The Morgan fingerprint density at radius 3 is 2.28 bits per heavy atom. The predicted octanol–water partition coefficient (Wildman–Crippen LogP) is 2.18. The highest BCUT2D eigenvalue weighted by molar-refractivity contribution is 6.30. The molecule has 92 valence electrons. The third kappa shape index (κ3) is 2.44. The number of nitrogens with zero attached hydrogens (tertiary/aromatic N) is 2. The smallest absolute Gasteiger partial charge is 0.222 e. The van der Waals surface area contributed by atoms with E-state index in [4.69, 9.17) is 11.6 Å². The van der Waals surface area contributed by atoms with Gasteiger partial charge in [-0.25, -0.2) is 9.97 Å². The second kappa shape index (κ2) is 4.92. The van der Waals surface area contributed by atoms with Gasteiger partial charge in [-0.05, 0) is 17.7 Å². The molecule has 18 heavy (non-hydrogen) atoms. The maximum atomic E-state index is 5.86. The number of aromatic nitrogens is 2. The van der Waals surface area contributed by atoms with Crippen LogP contribution in [0.4, 0.5) is 5.95 Å². The molecule has 2 aromatic rings. The highest BCUT2D eigenvalue weighted by Crippen LogP contribution is 2.20. The SMILES string of the molecule is Clc1ccc(-c2cnc(NC3CNC3)nc2)cc1. The lowest BCUT2D eigenvalue weighted by atomic mass is 10.1. The zero-order valence-electron chi connectivity index (χ0n) is 9.73. The monoisotopic (exact) mass is 260 g/mol. The molecule has 0 amide bonds. The van der Waals surface area contributed by atoms with Gasteiger partial charge in [0.2, 0.25) is 5.95 Å². The van der Waals surface area contributed by atoms with Gasteiger partial charge < -0.3 is 10.6 Å². The lowest BCUT2D eigenvalue weighted by Gasteiger charge is -2.27. The molecule has 1 aliphatic rings. The van der Waals surface area contributed by atoms with Crippen LogP contribution in [0.2, 0.25) is 5.02 Å². The number of halogens is 1. The van der Waals surface area contributed by atoms with Crippen LogP contribution < -0.4 is 10.6 Å². The van der Waals surface area contributed by atoms with Gasteiger partial charge in [0, 0.05) is 36.1 Å². The largest absolute Gasteiger partial charge is 0.349 e. The lowest BCUT2D eigenvalue weighted by Crippen LogP contribution is -2.51. The van der Waals surface area contributed by atoms with Gasteiger partial charge >= 0.3 is 0 Å². The third-order valence-corrected chi connectivity index (χ3v) is 3.20. The molecule has 1 saturated heterocycles. The first-order valence-corrected chi connectivity index (χ1v) is 6.24. The Morgan fingerprint density at radius 2 is 1.72 bits per heavy atom. The second-order valence-corrected chi connectivity index (χ2v) is 4.74. The molecule has 5 heteroatoms. The van der Waals surface area contributed by atoms with Gasteiger partial charge in [-0.2, -0.15) is 0 Å². The van der Waals surface area contributed by atoms with Crippen molar-refractivity contribution in [2.75, 3.05) is 18.4 Å². The molecule has 2 N–H and O–H groups in total. The van der Waals surface area contributed by atoms with E-state index in [9.17, 15) is 0 Å². The topological polar surface area (TPSA) is 49.8 Å². The minimum atomic E-state index is 0.450. The Kier molecular flexibility index (Phi) is 3.13. The van der Waals surface area contributed by atoms with Crippen molar-refractivity contribution in [2.45, 2.75) is 6.04 Å². The first kappa shape index (κ1) is 11.4. The van der Waals surface area contributed by atoms with Crippen LogP contribution in [-0.4, -0.2) is 29.1 Å². The number of hydrogen-bond donors (Lipinski definition) is 2. The Bertz CT molecular complexity index is 520. The van der Waals surface area contributed by atoms with Gasteiger partial charge in [0.05, 0.1) is 6.04 Å². The van der Waals surface area contributed by atoms with Crippen LogP contribution in [0.1, 0.15) is 0 Å². The zero-order chi connectivity index (χ0) is 12.4. The summed E-state index contributed by atoms with van der Waals surface area (Å²) in [4.78, 5) is 8.63. The van der Waals surface area contributed by atoms with Crippen molar-refractivity contribution in [3.05, 3.63) is 41.7 Å². The molecule has 1 aromatic carbocycles. The maximum absolute atomic E-state index is 5.86. The molecular weight excluding hydrogens is 248 g/mol. The van der Waals surface area contributed by atoms with E-state index in [0.29, 0.717) is 12.0 Å². The standard InChI is InChI=1S/C13H13ClN4/c14-11-3-1-9(2-4-11)10-5-16-13(17-6-10)18-12-7-15-8-12/h1-6,12,15H,7-8H2,(H,16,17,18). The lowest BCUT2D eigenvalue weighted by molar-refractivity contribution is 0.470. The van der Waals surface area contributed by atoms with Crippen molar-refractivity contribution in [3.8, 4) is 11.1 Å². The fraction of sp³-hybridized carbons (Fsp3) is 0.231. The maximum Gasteiger partial charge on any atom is 0.222 e. The van der Waals surface area contributed by atoms with E-state index >= 15 is 0 Å². The average molecular weight is 261 g/mol. The van der Waals surface area contributed by atoms with E-state index in [2.05, 4.69) is 20.6 Å². The molecule has 3 rings (SSSR count). The molecule has 0 spiro atoms. The average Bonchev–Trinajstić information content (AvgIpc) is 2.36. The van der Waals surface area contributed by atoms with Crippen molar-refractivity contribution >= 4 is 17.5 Å². The number of benzene rings is 1. The van der Waals surface area contributed by atoms with Crippen LogP contribution in [0.3, 0.4) is 0 Å². The number of hydrogen-bond acceptors (Lipinski definition) is 4. The summed E-state index contributed by atoms with van der Waals surface area (Å²) < 4.78 is 0. The number of nitrogens with one attached hydrogen (secondary N) is 2. The summed E-state index contributed by atoms with van der Waals surface area (Å²) in [6.45, 7) is 1.95. The molecule has 2 heterocycles. The van der Waals surface area contributed by atoms with Crippen molar-refractivity contribution in [1.29, 1.82) is 0 Å². The molecule has 0 bridgehead atoms. The van der Waals surface area contributed by atoms with Crippen molar-refractivity contribution in [2.24, 2.45) is 0 Å². The molecule has 0 radical (unpaired) electrons. The summed E-state index contributed by atoms with van der Waals surface area (Å²) in [5.74, 6) is 0.680. The Labute approximate surface area is 110 Å². The van der Waals surface area contributed by atoms with Crippen molar-refractivity contribution in [1.82, 2.24) is 15.3 Å². The van der Waals surface area contributed by atoms with Gasteiger partial charge in [0.15, 0.2) is 0 Å². The van der Waals surface area contributed by atoms with Gasteiger partial charge in [0.1, 0.15) is 0 Å².